The molecule has 194 valence electrons. The fourth-order valence-corrected chi connectivity index (χ4v) is 4.91. The molecule has 6 heteroatoms. The van der Waals surface area contributed by atoms with Crippen LogP contribution in [0.3, 0.4) is 0 Å². The highest BCUT2D eigenvalue weighted by molar-refractivity contribution is 5.57. The van der Waals surface area contributed by atoms with E-state index in [9.17, 15) is 13.2 Å². The van der Waals surface area contributed by atoms with E-state index in [0.717, 1.165) is 50.0 Å². The monoisotopic (exact) mass is 490 g/mol. The Bertz CT molecular complexity index is 869. The van der Waals surface area contributed by atoms with Crippen molar-refractivity contribution in [3.8, 4) is 17.1 Å². The number of halogens is 3. The van der Waals surface area contributed by atoms with Crippen LogP contribution < -0.4 is 4.74 Å². The molecule has 0 aliphatic heterocycles. The molecule has 1 aliphatic rings. The molecule has 1 atom stereocenters. The number of aromatic nitrogens is 2. The van der Waals surface area contributed by atoms with Gasteiger partial charge in [-0.05, 0) is 42.9 Å². The second-order valence-electron chi connectivity index (χ2n) is 10.0. The van der Waals surface area contributed by atoms with Crippen LogP contribution in [0.4, 0.5) is 13.2 Å². The third-order valence-corrected chi connectivity index (χ3v) is 7.09. The van der Waals surface area contributed by atoms with Crippen molar-refractivity contribution < 1.29 is 17.9 Å². The van der Waals surface area contributed by atoms with E-state index in [1.54, 1.807) is 12.4 Å². The lowest BCUT2D eigenvalue weighted by Gasteiger charge is -2.12. The van der Waals surface area contributed by atoms with Gasteiger partial charge in [-0.15, -0.1) is 0 Å². The molecular weight excluding hydrogens is 449 g/mol. The van der Waals surface area contributed by atoms with E-state index in [-0.39, 0.29) is 23.7 Å². The second kappa shape index (κ2) is 15.1. The molecule has 1 fully saturated rings. The summed E-state index contributed by atoms with van der Waals surface area (Å²) in [5.41, 5.74) is 0.975. The van der Waals surface area contributed by atoms with Crippen molar-refractivity contribution in [3.63, 3.8) is 0 Å². The van der Waals surface area contributed by atoms with Crippen molar-refractivity contribution in [2.75, 3.05) is 6.61 Å². The largest absolute Gasteiger partial charge is 0.487 e. The van der Waals surface area contributed by atoms with E-state index in [0.29, 0.717) is 6.42 Å². The van der Waals surface area contributed by atoms with Crippen molar-refractivity contribution in [1.29, 1.82) is 0 Å². The molecule has 35 heavy (non-hydrogen) atoms. The first kappa shape index (κ1) is 27.5. The summed E-state index contributed by atoms with van der Waals surface area (Å²) in [5.74, 6) is -1.40. The number of ether oxygens (including phenoxy) is 1. The second-order valence-corrected chi connectivity index (χ2v) is 10.0. The number of rotatable bonds is 16. The molecular formula is C29H41F3N2O. The fourth-order valence-electron chi connectivity index (χ4n) is 4.91. The summed E-state index contributed by atoms with van der Waals surface area (Å²) in [7, 11) is 0. The molecule has 1 aliphatic carbocycles. The van der Waals surface area contributed by atoms with Gasteiger partial charge in [0.2, 0.25) is 5.82 Å². The van der Waals surface area contributed by atoms with E-state index < -0.39 is 17.8 Å². The minimum atomic E-state index is -1.20. The van der Waals surface area contributed by atoms with Gasteiger partial charge in [0.15, 0.2) is 17.4 Å². The lowest BCUT2D eigenvalue weighted by atomic mass is 9.99. The number of alkyl halides is 1. The SMILES string of the molecule is CCCCCCC(F)COc1ccc(-c2ncc(CCCCCCC3CCCC3)cn2)c(F)c1F. The molecule has 1 aromatic heterocycles. The minimum Gasteiger partial charge on any atom is -0.487 e. The average Bonchev–Trinajstić information content (AvgIpc) is 3.39. The van der Waals surface area contributed by atoms with E-state index in [1.165, 1.54) is 63.5 Å². The van der Waals surface area contributed by atoms with Crippen molar-refractivity contribution in [2.45, 2.75) is 109 Å². The molecule has 1 saturated carbocycles. The van der Waals surface area contributed by atoms with Gasteiger partial charge in [-0.25, -0.2) is 18.7 Å². The Morgan fingerprint density at radius 2 is 1.63 bits per heavy atom. The van der Waals surface area contributed by atoms with Gasteiger partial charge < -0.3 is 4.74 Å². The van der Waals surface area contributed by atoms with Crippen molar-refractivity contribution >= 4 is 0 Å². The third-order valence-electron chi connectivity index (χ3n) is 7.09. The van der Waals surface area contributed by atoms with Crippen molar-refractivity contribution in [2.24, 2.45) is 5.92 Å². The number of hydrogen-bond donors (Lipinski definition) is 0. The molecule has 3 rings (SSSR count). The summed E-state index contributed by atoms with van der Waals surface area (Å²) >= 11 is 0. The molecule has 1 unspecified atom stereocenters. The topological polar surface area (TPSA) is 35.0 Å². The average molecular weight is 491 g/mol. The first-order valence-corrected chi connectivity index (χ1v) is 13.6. The highest BCUT2D eigenvalue weighted by Crippen LogP contribution is 2.30. The summed E-state index contributed by atoms with van der Waals surface area (Å²) in [6.07, 6.45) is 19.2. The quantitative estimate of drug-likeness (QED) is 0.221. The highest BCUT2D eigenvalue weighted by atomic mass is 19.2. The van der Waals surface area contributed by atoms with E-state index >= 15 is 0 Å². The Labute approximate surface area is 208 Å². The smallest absolute Gasteiger partial charge is 0.201 e. The predicted molar refractivity (Wildman–Crippen MR) is 135 cm³/mol. The molecule has 0 radical (unpaired) electrons. The number of aryl methyl sites for hydroxylation is 1. The zero-order chi connectivity index (χ0) is 24.9. The summed E-state index contributed by atoms with van der Waals surface area (Å²) in [5, 5.41) is 0. The fraction of sp³-hybridized carbons (Fsp3) is 0.655. The molecule has 1 heterocycles. The van der Waals surface area contributed by atoms with Gasteiger partial charge in [0.25, 0.3) is 0 Å². The van der Waals surface area contributed by atoms with Crippen LogP contribution in [0.15, 0.2) is 24.5 Å². The Balaban J connectivity index is 1.42. The summed E-state index contributed by atoms with van der Waals surface area (Å²) in [6, 6.07) is 2.71. The standard InChI is InChI=1S/C29H41F3N2O/c1-2-3-4-9-16-24(30)21-35-26-18-17-25(27(31)28(26)32)29-33-19-23(20-34-29)15-8-6-5-7-12-22-13-10-11-14-22/h17-20,22,24H,2-16,21H2,1H3. The van der Waals surface area contributed by atoms with E-state index in [1.807, 2.05) is 0 Å². The Hall–Kier alpha value is -2.11. The van der Waals surface area contributed by atoms with Crippen LogP contribution in [-0.4, -0.2) is 22.7 Å². The molecule has 0 spiro atoms. The van der Waals surface area contributed by atoms with Gasteiger partial charge in [-0.1, -0.05) is 84.0 Å². The van der Waals surface area contributed by atoms with Gasteiger partial charge >= 0.3 is 0 Å². The number of benzene rings is 1. The number of unbranched alkanes of at least 4 members (excludes halogenated alkanes) is 6. The lowest BCUT2D eigenvalue weighted by molar-refractivity contribution is 0.177. The van der Waals surface area contributed by atoms with Crippen LogP contribution in [0.1, 0.15) is 102 Å². The molecule has 2 aromatic rings. The van der Waals surface area contributed by atoms with E-state index in [2.05, 4.69) is 16.9 Å². The summed E-state index contributed by atoms with van der Waals surface area (Å²) in [4.78, 5) is 8.50. The maximum absolute atomic E-state index is 14.7. The van der Waals surface area contributed by atoms with Crippen LogP contribution in [0.25, 0.3) is 11.4 Å². The normalized spacial score (nSPS) is 15.0. The highest BCUT2D eigenvalue weighted by Gasteiger charge is 2.19. The summed E-state index contributed by atoms with van der Waals surface area (Å²) < 4.78 is 48.4. The predicted octanol–water partition coefficient (Wildman–Crippen LogP) is 8.79. The maximum atomic E-state index is 14.7. The Kier molecular flexibility index (Phi) is 11.9. The summed E-state index contributed by atoms with van der Waals surface area (Å²) in [6.45, 7) is 1.81. The van der Waals surface area contributed by atoms with Gasteiger partial charge in [0.1, 0.15) is 12.8 Å². The molecule has 0 amide bonds. The lowest BCUT2D eigenvalue weighted by Crippen LogP contribution is -2.14. The zero-order valence-corrected chi connectivity index (χ0v) is 21.2. The van der Waals surface area contributed by atoms with Crippen LogP contribution in [-0.2, 0) is 6.42 Å². The molecule has 0 N–H and O–H groups in total. The third kappa shape index (κ3) is 9.12. The zero-order valence-electron chi connectivity index (χ0n) is 21.2. The number of hydrogen-bond acceptors (Lipinski definition) is 3. The first-order valence-electron chi connectivity index (χ1n) is 13.6. The van der Waals surface area contributed by atoms with E-state index in [4.69, 9.17) is 4.74 Å². The van der Waals surface area contributed by atoms with Gasteiger partial charge in [0, 0.05) is 12.4 Å². The van der Waals surface area contributed by atoms with Crippen LogP contribution in [0.2, 0.25) is 0 Å². The van der Waals surface area contributed by atoms with Crippen LogP contribution in [0, 0.1) is 17.6 Å². The molecule has 3 nitrogen and oxygen atoms in total. The molecule has 0 bridgehead atoms. The van der Waals surface area contributed by atoms with Gasteiger partial charge in [-0.2, -0.15) is 4.39 Å². The van der Waals surface area contributed by atoms with Gasteiger partial charge in [-0.3, -0.25) is 0 Å². The maximum Gasteiger partial charge on any atom is 0.201 e. The Morgan fingerprint density at radius 1 is 0.914 bits per heavy atom. The Morgan fingerprint density at radius 3 is 2.37 bits per heavy atom. The van der Waals surface area contributed by atoms with Crippen LogP contribution >= 0.6 is 0 Å². The first-order chi connectivity index (χ1) is 17.1. The van der Waals surface area contributed by atoms with Crippen molar-refractivity contribution in [3.05, 3.63) is 41.7 Å². The van der Waals surface area contributed by atoms with Gasteiger partial charge in [0.05, 0.1) is 5.56 Å². The molecule has 1 aromatic carbocycles. The van der Waals surface area contributed by atoms with Crippen molar-refractivity contribution in [1.82, 2.24) is 9.97 Å². The number of nitrogens with zero attached hydrogens (tertiary/aromatic N) is 2. The molecule has 0 saturated heterocycles. The minimum absolute atomic E-state index is 0.0234. The van der Waals surface area contributed by atoms with Crippen LogP contribution in [0.5, 0.6) is 5.75 Å².